The van der Waals surface area contributed by atoms with Gasteiger partial charge in [-0.3, -0.25) is 4.79 Å². The molecule has 1 aromatic rings. The van der Waals surface area contributed by atoms with Crippen molar-refractivity contribution in [1.29, 1.82) is 5.26 Å². The number of hydrogen-bond acceptors (Lipinski definition) is 3. The average molecular weight is 274 g/mol. The molecule has 0 unspecified atom stereocenters. The summed E-state index contributed by atoms with van der Waals surface area (Å²) in [6.07, 6.45) is 2.04. The number of benzene rings is 1. The van der Waals surface area contributed by atoms with E-state index in [1.807, 2.05) is 13.0 Å². The number of carbonyl (C=O) groups is 1. The van der Waals surface area contributed by atoms with Crippen LogP contribution in [-0.4, -0.2) is 18.6 Å². The van der Waals surface area contributed by atoms with Crippen LogP contribution in [0.15, 0.2) is 24.3 Å². The summed E-state index contributed by atoms with van der Waals surface area (Å²) in [6, 6.07) is 9.07. The lowest BCUT2D eigenvalue weighted by molar-refractivity contribution is -0.123. The van der Waals surface area contributed by atoms with E-state index in [0.29, 0.717) is 17.2 Å². The van der Waals surface area contributed by atoms with Crippen molar-refractivity contribution in [1.82, 2.24) is 5.32 Å². The molecule has 0 saturated heterocycles. The van der Waals surface area contributed by atoms with E-state index in [2.05, 4.69) is 19.2 Å². The lowest BCUT2D eigenvalue weighted by Crippen LogP contribution is -2.36. The Balaban J connectivity index is 2.38. The average Bonchev–Trinajstić information content (AvgIpc) is 2.43. The smallest absolute Gasteiger partial charge is 0.258 e. The van der Waals surface area contributed by atoms with Crippen molar-refractivity contribution >= 4 is 5.91 Å². The number of rotatable bonds is 7. The molecule has 1 N–H and O–H groups in total. The van der Waals surface area contributed by atoms with Gasteiger partial charge in [0.1, 0.15) is 11.8 Å². The molecule has 0 aliphatic rings. The number of para-hydroxylation sites is 1. The van der Waals surface area contributed by atoms with Crippen molar-refractivity contribution in [3.63, 3.8) is 0 Å². The number of ether oxygens (including phenoxy) is 1. The highest BCUT2D eigenvalue weighted by Crippen LogP contribution is 2.16. The molecule has 0 bridgehead atoms. The first kappa shape index (κ1) is 16.0. The van der Waals surface area contributed by atoms with Gasteiger partial charge < -0.3 is 10.1 Å². The van der Waals surface area contributed by atoms with Crippen LogP contribution >= 0.6 is 0 Å². The van der Waals surface area contributed by atoms with Crippen LogP contribution in [0.2, 0.25) is 0 Å². The van der Waals surface area contributed by atoms with Gasteiger partial charge in [-0.2, -0.15) is 5.26 Å². The summed E-state index contributed by atoms with van der Waals surface area (Å²) < 4.78 is 5.38. The predicted octanol–water partition coefficient (Wildman–Crippen LogP) is 2.88. The van der Waals surface area contributed by atoms with Gasteiger partial charge >= 0.3 is 0 Å². The first-order valence-corrected chi connectivity index (χ1v) is 6.94. The summed E-state index contributed by atoms with van der Waals surface area (Å²) in [4.78, 5) is 11.8. The zero-order valence-corrected chi connectivity index (χ0v) is 12.3. The van der Waals surface area contributed by atoms with Crippen molar-refractivity contribution in [3.05, 3.63) is 29.8 Å². The van der Waals surface area contributed by atoms with Gasteiger partial charge in [0.15, 0.2) is 6.61 Å². The third-order valence-corrected chi connectivity index (χ3v) is 2.95. The van der Waals surface area contributed by atoms with Crippen LogP contribution in [0.25, 0.3) is 0 Å². The second kappa shape index (κ2) is 8.21. The van der Waals surface area contributed by atoms with Crippen molar-refractivity contribution in [2.24, 2.45) is 5.92 Å². The van der Waals surface area contributed by atoms with Gasteiger partial charge in [-0.1, -0.05) is 26.0 Å². The van der Waals surface area contributed by atoms with Crippen LogP contribution in [0.4, 0.5) is 0 Å². The Kier molecular flexibility index (Phi) is 6.58. The Morgan fingerprint density at radius 2 is 2.00 bits per heavy atom. The molecule has 1 amide bonds. The summed E-state index contributed by atoms with van der Waals surface area (Å²) in [5, 5.41) is 11.8. The normalized spacial score (nSPS) is 11.8. The minimum Gasteiger partial charge on any atom is -0.482 e. The molecular formula is C16H22N2O2. The van der Waals surface area contributed by atoms with Crippen molar-refractivity contribution in [3.8, 4) is 11.8 Å². The lowest BCUT2D eigenvalue weighted by Gasteiger charge is -2.15. The minimum absolute atomic E-state index is 0.0648. The second-order valence-corrected chi connectivity index (χ2v) is 5.34. The quantitative estimate of drug-likeness (QED) is 0.831. The van der Waals surface area contributed by atoms with E-state index in [4.69, 9.17) is 10.00 Å². The lowest BCUT2D eigenvalue weighted by atomic mass is 10.0. The molecule has 4 nitrogen and oxygen atoms in total. The van der Waals surface area contributed by atoms with Gasteiger partial charge in [0.05, 0.1) is 5.56 Å². The molecule has 108 valence electrons. The van der Waals surface area contributed by atoms with Crippen LogP contribution in [-0.2, 0) is 4.79 Å². The number of hydrogen-bond donors (Lipinski definition) is 1. The maximum atomic E-state index is 11.8. The van der Waals surface area contributed by atoms with Crippen LogP contribution in [0.5, 0.6) is 5.75 Å². The molecule has 0 heterocycles. The third-order valence-electron chi connectivity index (χ3n) is 2.95. The molecule has 1 atom stereocenters. The van der Waals surface area contributed by atoms with Crippen molar-refractivity contribution in [2.75, 3.05) is 6.61 Å². The summed E-state index contributed by atoms with van der Waals surface area (Å²) >= 11 is 0. The van der Waals surface area contributed by atoms with Gasteiger partial charge in [0, 0.05) is 6.04 Å². The highest BCUT2D eigenvalue weighted by Gasteiger charge is 2.10. The zero-order valence-electron chi connectivity index (χ0n) is 12.3. The van der Waals surface area contributed by atoms with Gasteiger partial charge in [-0.15, -0.1) is 0 Å². The summed E-state index contributed by atoms with van der Waals surface area (Å²) in [6.45, 7) is 6.25. The van der Waals surface area contributed by atoms with Crippen molar-refractivity contribution < 1.29 is 9.53 Å². The van der Waals surface area contributed by atoms with Gasteiger partial charge in [0.25, 0.3) is 5.91 Å². The standard InChI is InChI=1S/C16H22N2O2/c1-12(2)8-9-13(3)18-16(19)11-20-15-7-5-4-6-14(15)10-17/h4-7,12-13H,8-9,11H2,1-3H3,(H,18,19)/t13-/m1/s1. The molecule has 1 rings (SSSR count). The molecule has 0 aromatic heterocycles. The predicted molar refractivity (Wildman–Crippen MR) is 78.3 cm³/mol. The van der Waals surface area contributed by atoms with E-state index in [1.165, 1.54) is 0 Å². The molecule has 0 fully saturated rings. The van der Waals surface area contributed by atoms with Crippen LogP contribution in [0.1, 0.15) is 39.2 Å². The third kappa shape index (κ3) is 5.75. The van der Waals surface area contributed by atoms with Crippen LogP contribution in [0, 0.1) is 17.2 Å². The summed E-state index contributed by atoms with van der Waals surface area (Å²) in [7, 11) is 0. The van der Waals surface area contributed by atoms with E-state index in [0.717, 1.165) is 12.8 Å². The number of carbonyl (C=O) groups excluding carboxylic acids is 1. The largest absolute Gasteiger partial charge is 0.482 e. The maximum Gasteiger partial charge on any atom is 0.258 e. The van der Waals surface area contributed by atoms with Gasteiger partial charge in [-0.25, -0.2) is 0 Å². The fraction of sp³-hybridized carbons (Fsp3) is 0.500. The highest BCUT2D eigenvalue weighted by atomic mass is 16.5. The Labute approximate surface area is 120 Å². The number of nitriles is 1. The van der Waals surface area contributed by atoms with Crippen molar-refractivity contribution in [2.45, 2.75) is 39.7 Å². The second-order valence-electron chi connectivity index (χ2n) is 5.34. The van der Waals surface area contributed by atoms with E-state index >= 15 is 0 Å². The Hall–Kier alpha value is -2.02. The number of nitrogens with one attached hydrogen (secondary N) is 1. The first-order chi connectivity index (χ1) is 9.52. The Morgan fingerprint density at radius 3 is 2.65 bits per heavy atom. The van der Waals surface area contributed by atoms with E-state index in [9.17, 15) is 4.79 Å². The number of nitrogens with zero attached hydrogens (tertiary/aromatic N) is 1. The molecule has 0 saturated carbocycles. The number of amides is 1. The fourth-order valence-corrected chi connectivity index (χ4v) is 1.80. The molecule has 0 aliphatic heterocycles. The van der Waals surface area contributed by atoms with E-state index in [-0.39, 0.29) is 18.6 Å². The maximum absolute atomic E-state index is 11.8. The molecule has 0 spiro atoms. The summed E-state index contributed by atoms with van der Waals surface area (Å²) in [5.74, 6) is 0.919. The minimum atomic E-state index is -0.158. The SMILES string of the molecule is CC(C)CC[C@@H](C)NC(=O)COc1ccccc1C#N. The molecule has 1 aromatic carbocycles. The first-order valence-electron chi connectivity index (χ1n) is 6.94. The Morgan fingerprint density at radius 1 is 1.30 bits per heavy atom. The Bertz CT molecular complexity index is 478. The molecule has 0 radical (unpaired) electrons. The zero-order chi connectivity index (χ0) is 15.0. The fourth-order valence-electron chi connectivity index (χ4n) is 1.80. The van der Waals surface area contributed by atoms with E-state index < -0.39 is 0 Å². The summed E-state index contributed by atoms with van der Waals surface area (Å²) in [5.41, 5.74) is 0.438. The molecule has 4 heteroatoms. The van der Waals surface area contributed by atoms with Gasteiger partial charge in [0.2, 0.25) is 0 Å². The van der Waals surface area contributed by atoms with Crippen LogP contribution < -0.4 is 10.1 Å². The molecular weight excluding hydrogens is 252 g/mol. The van der Waals surface area contributed by atoms with Crippen LogP contribution in [0.3, 0.4) is 0 Å². The monoisotopic (exact) mass is 274 g/mol. The highest BCUT2D eigenvalue weighted by molar-refractivity contribution is 5.77. The topological polar surface area (TPSA) is 62.1 Å². The molecule has 0 aliphatic carbocycles. The van der Waals surface area contributed by atoms with E-state index in [1.54, 1.807) is 24.3 Å². The molecule has 20 heavy (non-hydrogen) atoms. The van der Waals surface area contributed by atoms with Gasteiger partial charge in [-0.05, 0) is 37.8 Å².